The molecular formula is C12H23NO. The van der Waals surface area contributed by atoms with Gasteiger partial charge in [-0.2, -0.15) is 0 Å². The molecule has 2 fully saturated rings. The zero-order chi connectivity index (χ0) is 10.1. The number of ether oxygens (including phenoxy) is 1. The summed E-state index contributed by atoms with van der Waals surface area (Å²) in [6, 6.07) is 2.34. The van der Waals surface area contributed by atoms with Gasteiger partial charge in [0, 0.05) is 24.7 Å². The van der Waals surface area contributed by atoms with Crippen LogP contribution in [-0.2, 0) is 4.74 Å². The Balaban J connectivity index is 1.97. The molecule has 0 aromatic carbocycles. The van der Waals surface area contributed by atoms with Crippen molar-refractivity contribution >= 4 is 0 Å². The van der Waals surface area contributed by atoms with Crippen molar-refractivity contribution in [3.05, 3.63) is 0 Å². The zero-order valence-electron chi connectivity index (χ0n) is 9.70. The van der Waals surface area contributed by atoms with Gasteiger partial charge < -0.3 is 4.74 Å². The van der Waals surface area contributed by atoms with Gasteiger partial charge in [0.15, 0.2) is 0 Å². The Morgan fingerprint density at radius 2 is 1.79 bits per heavy atom. The zero-order valence-corrected chi connectivity index (χ0v) is 9.70. The summed E-state index contributed by atoms with van der Waals surface area (Å²) in [6.45, 7) is 7.64. The topological polar surface area (TPSA) is 12.5 Å². The molecule has 0 amide bonds. The Labute approximate surface area is 87.6 Å². The molecule has 2 saturated heterocycles. The number of fused-ring (bicyclic) bond motifs is 2. The van der Waals surface area contributed by atoms with E-state index in [1.807, 2.05) is 0 Å². The van der Waals surface area contributed by atoms with Crippen LogP contribution in [0.1, 0.15) is 46.5 Å². The number of hydrogen-bond donors (Lipinski definition) is 0. The number of rotatable bonds is 3. The van der Waals surface area contributed by atoms with Crippen molar-refractivity contribution in [3.8, 4) is 0 Å². The molecule has 0 aromatic heterocycles. The van der Waals surface area contributed by atoms with E-state index in [-0.39, 0.29) is 0 Å². The maximum atomic E-state index is 5.77. The standard InChI is InChI=1S/C12H23NO/c1-4-14-12-7-10-5-6-11(8-12)13(10)9(2)3/h9-12H,4-8H2,1-3H3. The summed E-state index contributed by atoms with van der Waals surface area (Å²) in [7, 11) is 0. The van der Waals surface area contributed by atoms with Crippen LogP contribution in [0.25, 0.3) is 0 Å². The summed E-state index contributed by atoms with van der Waals surface area (Å²) in [5.74, 6) is 0. The summed E-state index contributed by atoms with van der Waals surface area (Å²) in [4.78, 5) is 2.72. The van der Waals surface area contributed by atoms with Gasteiger partial charge in [-0.15, -0.1) is 0 Å². The van der Waals surface area contributed by atoms with Crippen LogP contribution in [0.15, 0.2) is 0 Å². The van der Waals surface area contributed by atoms with Crippen LogP contribution in [-0.4, -0.2) is 35.7 Å². The summed E-state index contributed by atoms with van der Waals surface area (Å²) >= 11 is 0. The van der Waals surface area contributed by atoms with Gasteiger partial charge in [-0.3, -0.25) is 4.90 Å². The SMILES string of the molecule is CCOC1CC2CCC(C1)N2C(C)C. The van der Waals surface area contributed by atoms with Crippen molar-refractivity contribution in [2.24, 2.45) is 0 Å². The van der Waals surface area contributed by atoms with Crippen LogP contribution in [0.3, 0.4) is 0 Å². The quantitative estimate of drug-likeness (QED) is 0.689. The summed E-state index contributed by atoms with van der Waals surface area (Å²) in [6.07, 6.45) is 5.87. The van der Waals surface area contributed by atoms with Crippen LogP contribution in [0.5, 0.6) is 0 Å². The average molecular weight is 197 g/mol. The van der Waals surface area contributed by atoms with Crippen molar-refractivity contribution < 1.29 is 4.74 Å². The van der Waals surface area contributed by atoms with Gasteiger partial charge in [-0.25, -0.2) is 0 Å². The van der Waals surface area contributed by atoms with Crippen LogP contribution in [0.4, 0.5) is 0 Å². The lowest BCUT2D eigenvalue weighted by Crippen LogP contribution is -2.48. The van der Waals surface area contributed by atoms with Crippen molar-refractivity contribution in [2.45, 2.75) is 70.7 Å². The first-order valence-electron chi connectivity index (χ1n) is 6.11. The predicted molar refractivity (Wildman–Crippen MR) is 58.4 cm³/mol. The molecule has 0 aromatic rings. The van der Waals surface area contributed by atoms with Gasteiger partial charge in [-0.05, 0) is 46.5 Å². The van der Waals surface area contributed by atoms with Crippen molar-refractivity contribution in [2.75, 3.05) is 6.61 Å². The molecule has 2 nitrogen and oxygen atoms in total. The second-order valence-corrected chi connectivity index (χ2v) is 4.97. The van der Waals surface area contributed by atoms with Crippen LogP contribution >= 0.6 is 0 Å². The Kier molecular flexibility index (Phi) is 3.13. The Hall–Kier alpha value is -0.0800. The van der Waals surface area contributed by atoms with E-state index in [0.29, 0.717) is 6.10 Å². The van der Waals surface area contributed by atoms with Gasteiger partial charge in [0.2, 0.25) is 0 Å². The monoisotopic (exact) mass is 197 g/mol. The lowest BCUT2D eigenvalue weighted by Gasteiger charge is -2.41. The first kappa shape index (κ1) is 10.4. The van der Waals surface area contributed by atoms with Gasteiger partial charge >= 0.3 is 0 Å². The van der Waals surface area contributed by atoms with Crippen molar-refractivity contribution in [1.29, 1.82) is 0 Å². The maximum absolute atomic E-state index is 5.77. The lowest BCUT2D eigenvalue weighted by atomic mass is 9.98. The van der Waals surface area contributed by atoms with E-state index in [0.717, 1.165) is 24.7 Å². The normalized spacial score (nSPS) is 38.1. The molecule has 2 atom stereocenters. The molecule has 2 rings (SSSR count). The molecule has 0 N–H and O–H groups in total. The number of nitrogens with zero attached hydrogens (tertiary/aromatic N) is 1. The van der Waals surface area contributed by atoms with Crippen molar-refractivity contribution in [1.82, 2.24) is 4.90 Å². The summed E-state index contributed by atoms with van der Waals surface area (Å²) < 4.78 is 5.77. The fourth-order valence-corrected chi connectivity index (χ4v) is 3.38. The second kappa shape index (κ2) is 4.19. The Morgan fingerprint density at radius 1 is 1.21 bits per heavy atom. The molecule has 0 radical (unpaired) electrons. The predicted octanol–water partition coefficient (Wildman–Crippen LogP) is 2.43. The van der Waals surface area contributed by atoms with E-state index in [2.05, 4.69) is 25.7 Å². The smallest absolute Gasteiger partial charge is 0.0604 e. The van der Waals surface area contributed by atoms with Gasteiger partial charge in [0.05, 0.1) is 6.10 Å². The molecule has 2 unspecified atom stereocenters. The molecule has 14 heavy (non-hydrogen) atoms. The van der Waals surface area contributed by atoms with Crippen LogP contribution < -0.4 is 0 Å². The van der Waals surface area contributed by atoms with E-state index < -0.39 is 0 Å². The number of hydrogen-bond acceptors (Lipinski definition) is 2. The third kappa shape index (κ3) is 1.82. The average Bonchev–Trinajstić information content (AvgIpc) is 2.39. The Morgan fingerprint density at radius 3 is 2.21 bits per heavy atom. The molecule has 0 saturated carbocycles. The van der Waals surface area contributed by atoms with Crippen molar-refractivity contribution in [3.63, 3.8) is 0 Å². The van der Waals surface area contributed by atoms with E-state index in [1.54, 1.807) is 0 Å². The van der Waals surface area contributed by atoms with E-state index in [4.69, 9.17) is 4.74 Å². The highest BCUT2D eigenvalue weighted by Crippen LogP contribution is 2.38. The first-order valence-corrected chi connectivity index (χ1v) is 6.11. The molecular weight excluding hydrogens is 174 g/mol. The van der Waals surface area contributed by atoms with Gasteiger partial charge in [0.1, 0.15) is 0 Å². The van der Waals surface area contributed by atoms with E-state index >= 15 is 0 Å². The third-order valence-electron chi connectivity index (χ3n) is 3.74. The summed E-state index contributed by atoms with van der Waals surface area (Å²) in [5, 5.41) is 0. The fourth-order valence-electron chi connectivity index (χ4n) is 3.38. The molecule has 2 heteroatoms. The van der Waals surface area contributed by atoms with Gasteiger partial charge in [-0.1, -0.05) is 0 Å². The molecule has 0 spiro atoms. The molecule has 2 heterocycles. The highest BCUT2D eigenvalue weighted by atomic mass is 16.5. The van der Waals surface area contributed by atoms with Gasteiger partial charge in [0.25, 0.3) is 0 Å². The third-order valence-corrected chi connectivity index (χ3v) is 3.74. The molecule has 2 bridgehead atoms. The summed E-state index contributed by atoms with van der Waals surface area (Å²) in [5.41, 5.74) is 0. The minimum Gasteiger partial charge on any atom is -0.378 e. The first-order chi connectivity index (χ1) is 6.72. The lowest BCUT2D eigenvalue weighted by molar-refractivity contribution is -0.0244. The largest absolute Gasteiger partial charge is 0.378 e. The van der Waals surface area contributed by atoms with E-state index in [9.17, 15) is 0 Å². The van der Waals surface area contributed by atoms with E-state index in [1.165, 1.54) is 25.7 Å². The van der Waals surface area contributed by atoms with Crippen LogP contribution in [0, 0.1) is 0 Å². The minimum absolute atomic E-state index is 0.549. The highest BCUT2D eigenvalue weighted by molar-refractivity contribution is 4.96. The molecule has 82 valence electrons. The molecule has 2 aliphatic heterocycles. The number of piperidine rings is 1. The fraction of sp³-hybridized carbons (Fsp3) is 1.00. The minimum atomic E-state index is 0.549. The Bertz CT molecular complexity index is 179. The maximum Gasteiger partial charge on any atom is 0.0604 e. The highest BCUT2D eigenvalue weighted by Gasteiger charge is 2.41. The molecule has 0 aliphatic carbocycles. The second-order valence-electron chi connectivity index (χ2n) is 4.97. The molecule has 2 aliphatic rings. The van der Waals surface area contributed by atoms with Crippen LogP contribution in [0.2, 0.25) is 0 Å².